The van der Waals surface area contributed by atoms with E-state index in [1.807, 2.05) is 58.8 Å². The van der Waals surface area contributed by atoms with Gasteiger partial charge in [0.15, 0.2) is 0 Å². The van der Waals surface area contributed by atoms with Gasteiger partial charge in [-0.2, -0.15) is 0 Å². The van der Waals surface area contributed by atoms with Gasteiger partial charge in [0.2, 0.25) is 0 Å². The van der Waals surface area contributed by atoms with Crippen LogP contribution in [0.25, 0.3) is 10.2 Å². The molecule has 1 fully saturated rings. The number of fused-ring (bicyclic) bond motifs is 1. The van der Waals surface area contributed by atoms with Crippen molar-refractivity contribution in [1.29, 1.82) is 0 Å². The van der Waals surface area contributed by atoms with E-state index < -0.39 is 0 Å². The van der Waals surface area contributed by atoms with Crippen molar-refractivity contribution in [2.24, 2.45) is 0 Å². The number of carbonyl (C=O) groups excluding carboxylic acids is 1. The summed E-state index contributed by atoms with van der Waals surface area (Å²) in [5.74, 6) is 2.38. The van der Waals surface area contributed by atoms with Crippen LogP contribution in [0.5, 0.6) is 11.5 Å². The summed E-state index contributed by atoms with van der Waals surface area (Å²) in [6.45, 7) is 2.79. The first kappa shape index (κ1) is 18.6. The standard InChI is InChI=1S/C23H20N4O2S/c28-23(17-5-4-8-19(15-17)29-18-6-2-1-3-7-18)27-12-10-26(11-13-27)21-20-9-14-30-22(20)25-16-24-21/h1-9,14-16H,10-13H2. The lowest BCUT2D eigenvalue weighted by Gasteiger charge is -2.35. The smallest absolute Gasteiger partial charge is 0.254 e. The number of rotatable bonds is 4. The van der Waals surface area contributed by atoms with Crippen LogP contribution >= 0.6 is 11.3 Å². The van der Waals surface area contributed by atoms with Crippen LogP contribution in [0.4, 0.5) is 5.82 Å². The van der Waals surface area contributed by atoms with Crippen molar-refractivity contribution in [3.8, 4) is 11.5 Å². The Hall–Kier alpha value is -3.45. The molecule has 1 aliphatic heterocycles. The first-order chi connectivity index (χ1) is 14.8. The zero-order chi connectivity index (χ0) is 20.3. The van der Waals surface area contributed by atoms with Gasteiger partial charge in [-0.25, -0.2) is 9.97 Å². The van der Waals surface area contributed by atoms with E-state index in [1.165, 1.54) is 0 Å². The van der Waals surface area contributed by atoms with Crippen molar-refractivity contribution in [2.45, 2.75) is 0 Å². The predicted octanol–water partition coefficient (Wildman–Crippen LogP) is 4.45. The van der Waals surface area contributed by atoms with Crippen LogP contribution in [0.1, 0.15) is 10.4 Å². The summed E-state index contributed by atoms with van der Waals surface area (Å²) >= 11 is 1.62. The number of nitrogens with zero attached hydrogens (tertiary/aromatic N) is 4. The Morgan fingerprint density at radius 3 is 2.53 bits per heavy atom. The largest absolute Gasteiger partial charge is 0.457 e. The minimum absolute atomic E-state index is 0.0246. The third-order valence-electron chi connectivity index (χ3n) is 5.17. The molecule has 7 heteroatoms. The molecule has 150 valence electrons. The Bertz CT molecular complexity index is 1170. The Balaban J connectivity index is 1.27. The van der Waals surface area contributed by atoms with E-state index >= 15 is 0 Å². The number of ether oxygens (including phenoxy) is 1. The number of hydrogen-bond acceptors (Lipinski definition) is 6. The SMILES string of the molecule is O=C(c1cccc(Oc2ccccc2)c1)N1CCN(c2ncnc3sccc23)CC1. The average Bonchev–Trinajstić information content (AvgIpc) is 3.29. The van der Waals surface area contributed by atoms with E-state index in [0.717, 1.165) is 34.9 Å². The van der Waals surface area contributed by atoms with Crippen LogP contribution in [0.2, 0.25) is 0 Å². The molecule has 4 aromatic rings. The Morgan fingerprint density at radius 1 is 0.900 bits per heavy atom. The van der Waals surface area contributed by atoms with Crippen molar-refractivity contribution >= 4 is 33.3 Å². The van der Waals surface area contributed by atoms with E-state index in [2.05, 4.69) is 20.9 Å². The van der Waals surface area contributed by atoms with Gasteiger partial charge in [-0.05, 0) is 41.8 Å². The Kier molecular flexibility index (Phi) is 5.03. The third-order valence-corrected chi connectivity index (χ3v) is 5.99. The van der Waals surface area contributed by atoms with E-state index in [9.17, 15) is 4.79 Å². The maximum Gasteiger partial charge on any atom is 0.254 e. The van der Waals surface area contributed by atoms with Crippen molar-refractivity contribution in [2.75, 3.05) is 31.1 Å². The molecule has 2 aromatic heterocycles. The van der Waals surface area contributed by atoms with Gasteiger partial charge in [-0.15, -0.1) is 11.3 Å². The van der Waals surface area contributed by atoms with Gasteiger partial charge in [0.1, 0.15) is 28.5 Å². The molecule has 0 radical (unpaired) electrons. The van der Waals surface area contributed by atoms with E-state index in [0.29, 0.717) is 24.4 Å². The summed E-state index contributed by atoms with van der Waals surface area (Å²) in [4.78, 5) is 27.0. The maximum atomic E-state index is 13.0. The Labute approximate surface area is 178 Å². The molecule has 5 rings (SSSR count). The molecule has 6 nitrogen and oxygen atoms in total. The Morgan fingerprint density at radius 2 is 1.70 bits per heavy atom. The normalized spacial score (nSPS) is 14.1. The summed E-state index contributed by atoms with van der Waals surface area (Å²) in [6.07, 6.45) is 1.62. The minimum atomic E-state index is 0.0246. The van der Waals surface area contributed by atoms with Gasteiger partial charge >= 0.3 is 0 Å². The van der Waals surface area contributed by atoms with Gasteiger partial charge in [-0.1, -0.05) is 24.3 Å². The minimum Gasteiger partial charge on any atom is -0.457 e. The molecule has 30 heavy (non-hydrogen) atoms. The van der Waals surface area contributed by atoms with Crippen LogP contribution in [0, 0.1) is 0 Å². The molecular weight excluding hydrogens is 396 g/mol. The summed E-state index contributed by atoms with van der Waals surface area (Å²) in [7, 11) is 0. The second kappa shape index (κ2) is 8.12. The molecule has 2 aromatic carbocycles. The van der Waals surface area contributed by atoms with Gasteiger partial charge in [-0.3, -0.25) is 4.79 Å². The fraction of sp³-hybridized carbons (Fsp3) is 0.174. The highest BCUT2D eigenvalue weighted by atomic mass is 32.1. The highest BCUT2D eigenvalue weighted by Gasteiger charge is 2.24. The average molecular weight is 417 g/mol. The number of hydrogen-bond donors (Lipinski definition) is 0. The van der Waals surface area contributed by atoms with Crippen LogP contribution < -0.4 is 9.64 Å². The molecule has 0 saturated carbocycles. The fourth-order valence-corrected chi connectivity index (χ4v) is 4.38. The lowest BCUT2D eigenvalue weighted by molar-refractivity contribution is 0.0746. The highest BCUT2D eigenvalue weighted by molar-refractivity contribution is 7.16. The lowest BCUT2D eigenvalue weighted by atomic mass is 10.1. The zero-order valence-corrected chi connectivity index (χ0v) is 17.1. The summed E-state index contributed by atoms with van der Waals surface area (Å²) in [5, 5.41) is 3.11. The van der Waals surface area contributed by atoms with E-state index in [4.69, 9.17) is 4.74 Å². The third kappa shape index (κ3) is 3.71. The van der Waals surface area contributed by atoms with Crippen LogP contribution in [0.3, 0.4) is 0 Å². The molecule has 3 heterocycles. The number of amides is 1. The van der Waals surface area contributed by atoms with Gasteiger partial charge < -0.3 is 14.5 Å². The van der Waals surface area contributed by atoms with Crippen LogP contribution in [-0.4, -0.2) is 47.0 Å². The molecule has 0 bridgehead atoms. The van der Waals surface area contributed by atoms with E-state index in [1.54, 1.807) is 23.7 Å². The molecule has 1 aliphatic rings. The number of para-hydroxylation sites is 1. The molecule has 0 atom stereocenters. The van der Waals surface area contributed by atoms with Crippen molar-refractivity contribution in [1.82, 2.24) is 14.9 Å². The lowest BCUT2D eigenvalue weighted by Crippen LogP contribution is -2.49. The topological polar surface area (TPSA) is 58.6 Å². The van der Waals surface area contributed by atoms with Crippen LogP contribution in [-0.2, 0) is 0 Å². The molecule has 1 amide bonds. The quantitative estimate of drug-likeness (QED) is 0.492. The summed E-state index contributed by atoms with van der Waals surface area (Å²) in [6, 6.07) is 19.0. The molecule has 0 spiro atoms. The second-order valence-electron chi connectivity index (χ2n) is 7.06. The van der Waals surface area contributed by atoms with Gasteiger partial charge in [0.25, 0.3) is 5.91 Å². The first-order valence-electron chi connectivity index (χ1n) is 9.83. The monoisotopic (exact) mass is 416 g/mol. The molecule has 0 unspecified atom stereocenters. The summed E-state index contributed by atoms with van der Waals surface area (Å²) < 4.78 is 5.87. The summed E-state index contributed by atoms with van der Waals surface area (Å²) in [5.41, 5.74) is 0.638. The first-order valence-corrected chi connectivity index (χ1v) is 10.7. The predicted molar refractivity (Wildman–Crippen MR) is 118 cm³/mol. The number of piperazine rings is 1. The van der Waals surface area contributed by atoms with Gasteiger partial charge in [0, 0.05) is 31.7 Å². The molecule has 1 saturated heterocycles. The zero-order valence-electron chi connectivity index (χ0n) is 16.3. The highest BCUT2D eigenvalue weighted by Crippen LogP contribution is 2.28. The number of aromatic nitrogens is 2. The van der Waals surface area contributed by atoms with Gasteiger partial charge in [0.05, 0.1) is 5.39 Å². The van der Waals surface area contributed by atoms with Crippen molar-refractivity contribution in [3.63, 3.8) is 0 Å². The molecular formula is C23H20N4O2S. The fourth-order valence-electron chi connectivity index (χ4n) is 3.65. The molecule has 0 aliphatic carbocycles. The van der Waals surface area contributed by atoms with E-state index in [-0.39, 0.29) is 5.91 Å². The van der Waals surface area contributed by atoms with Crippen LogP contribution in [0.15, 0.2) is 72.4 Å². The number of anilines is 1. The number of carbonyl (C=O) groups is 1. The van der Waals surface area contributed by atoms with Crippen molar-refractivity contribution in [3.05, 3.63) is 77.9 Å². The molecule has 0 N–H and O–H groups in total. The maximum absolute atomic E-state index is 13.0. The number of thiophene rings is 1. The second-order valence-corrected chi connectivity index (χ2v) is 7.95. The van der Waals surface area contributed by atoms with Crippen molar-refractivity contribution < 1.29 is 9.53 Å². The number of benzene rings is 2.